The van der Waals surface area contributed by atoms with E-state index < -0.39 is 0 Å². The Labute approximate surface area is 144 Å². The fourth-order valence-corrected chi connectivity index (χ4v) is 3.51. The SMILES string of the molecule is CCN1CCN(C(=O)NCc2cccnc2N2CCCCC2)CC1. The molecule has 0 radical (unpaired) electrons. The number of anilines is 1. The van der Waals surface area contributed by atoms with Crippen molar-refractivity contribution in [2.75, 3.05) is 50.7 Å². The van der Waals surface area contributed by atoms with Gasteiger partial charge in [0.05, 0.1) is 0 Å². The molecule has 2 aliphatic rings. The molecule has 0 aromatic carbocycles. The molecule has 1 N–H and O–H groups in total. The Hall–Kier alpha value is -1.82. The van der Waals surface area contributed by atoms with Gasteiger partial charge in [-0.1, -0.05) is 13.0 Å². The topological polar surface area (TPSA) is 51.7 Å². The van der Waals surface area contributed by atoms with Crippen LogP contribution in [0.2, 0.25) is 0 Å². The second-order valence-electron chi connectivity index (χ2n) is 6.61. The second kappa shape index (κ2) is 8.33. The molecule has 6 nitrogen and oxygen atoms in total. The highest BCUT2D eigenvalue weighted by molar-refractivity contribution is 5.74. The molecule has 24 heavy (non-hydrogen) atoms. The van der Waals surface area contributed by atoms with Crippen molar-refractivity contribution >= 4 is 11.8 Å². The van der Waals surface area contributed by atoms with Crippen LogP contribution in [0.3, 0.4) is 0 Å². The minimum Gasteiger partial charge on any atom is -0.356 e. The van der Waals surface area contributed by atoms with Crippen LogP contribution in [0.4, 0.5) is 10.6 Å². The number of piperazine rings is 1. The third-order valence-corrected chi connectivity index (χ3v) is 5.06. The lowest BCUT2D eigenvalue weighted by molar-refractivity contribution is 0.142. The van der Waals surface area contributed by atoms with Gasteiger partial charge in [0.15, 0.2) is 0 Å². The van der Waals surface area contributed by atoms with Crippen molar-refractivity contribution in [3.8, 4) is 0 Å². The molecule has 0 atom stereocenters. The fourth-order valence-electron chi connectivity index (χ4n) is 3.51. The normalized spacial score (nSPS) is 19.4. The summed E-state index contributed by atoms with van der Waals surface area (Å²) in [4.78, 5) is 23.6. The van der Waals surface area contributed by atoms with Crippen LogP contribution in [0, 0.1) is 0 Å². The monoisotopic (exact) mass is 331 g/mol. The Morgan fingerprint density at radius 1 is 1.12 bits per heavy atom. The Bertz CT molecular complexity index is 536. The molecule has 0 unspecified atom stereocenters. The first-order valence-corrected chi connectivity index (χ1v) is 9.22. The maximum Gasteiger partial charge on any atom is 0.317 e. The summed E-state index contributed by atoms with van der Waals surface area (Å²) in [5, 5.41) is 3.08. The summed E-state index contributed by atoms with van der Waals surface area (Å²) in [7, 11) is 0. The number of rotatable bonds is 4. The number of pyridine rings is 1. The number of likely N-dealkylation sites (N-methyl/N-ethyl adjacent to an activating group) is 1. The van der Waals surface area contributed by atoms with Gasteiger partial charge in [-0.15, -0.1) is 0 Å². The summed E-state index contributed by atoms with van der Waals surface area (Å²) in [6, 6.07) is 4.07. The zero-order valence-corrected chi connectivity index (χ0v) is 14.7. The van der Waals surface area contributed by atoms with E-state index in [1.54, 1.807) is 0 Å². The summed E-state index contributed by atoms with van der Waals surface area (Å²) < 4.78 is 0. The summed E-state index contributed by atoms with van der Waals surface area (Å²) in [5.41, 5.74) is 1.11. The molecular weight excluding hydrogens is 302 g/mol. The summed E-state index contributed by atoms with van der Waals surface area (Å²) >= 11 is 0. The van der Waals surface area contributed by atoms with Crippen LogP contribution < -0.4 is 10.2 Å². The maximum atomic E-state index is 12.4. The van der Waals surface area contributed by atoms with E-state index >= 15 is 0 Å². The lowest BCUT2D eigenvalue weighted by atomic mass is 10.1. The van der Waals surface area contributed by atoms with E-state index in [1.165, 1.54) is 19.3 Å². The number of hydrogen-bond donors (Lipinski definition) is 1. The van der Waals surface area contributed by atoms with E-state index in [-0.39, 0.29) is 6.03 Å². The first kappa shape index (κ1) is 17.0. The van der Waals surface area contributed by atoms with E-state index in [0.717, 1.165) is 57.2 Å². The molecule has 2 fully saturated rings. The molecule has 2 amide bonds. The zero-order valence-electron chi connectivity index (χ0n) is 14.7. The third kappa shape index (κ3) is 4.17. The molecule has 0 aliphatic carbocycles. The average Bonchev–Trinajstić information content (AvgIpc) is 2.67. The maximum absolute atomic E-state index is 12.4. The molecule has 3 rings (SSSR count). The number of carbonyl (C=O) groups is 1. The zero-order chi connectivity index (χ0) is 16.8. The molecule has 0 saturated carbocycles. The van der Waals surface area contributed by atoms with Gasteiger partial charge >= 0.3 is 6.03 Å². The molecule has 6 heteroatoms. The number of nitrogens with zero attached hydrogens (tertiary/aromatic N) is 4. The van der Waals surface area contributed by atoms with Gasteiger partial charge in [0, 0.05) is 57.6 Å². The Kier molecular flexibility index (Phi) is 5.91. The minimum atomic E-state index is 0.0409. The largest absolute Gasteiger partial charge is 0.356 e. The van der Waals surface area contributed by atoms with Crippen LogP contribution in [0.5, 0.6) is 0 Å². The number of carbonyl (C=O) groups excluding carboxylic acids is 1. The molecule has 2 saturated heterocycles. The lowest BCUT2D eigenvalue weighted by Gasteiger charge is -2.34. The van der Waals surface area contributed by atoms with E-state index in [4.69, 9.17) is 0 Å². The Morgan fingerprint density at radius 2 is 1.88 bits per heavy atom. The van der Waals surface area contributed by atoms with Crippen molar-refractivity contribution in [1.29, 1.82) is 0 Å². The highest BCUT2D eigenvalue weighted by Crippen LogP contribution is 2.21. The van der Waals surface area contributed by atoms with Crippen molar-refractivity contribution in [3.63, 3.8) is 0 Å². The molecule has 3 heterocycles. The number of piperidine rings is 1. The van der Waals surface area contributed by atoms with E-state index in [0.29, 0.717) is 6.54 Å². The van der Waals surface area contributed by atoms with Crippen LogP contribution in [-0.2, 0) is 6.54 Å². The van der Waals surface area contributed by atoms with Crippen molar-refractivity contribution in [2.24, 2.45) is 0 Å². The number of hydrogen-bond acceptors (Lipinski definition) is 4. The summed E-state index contributed by atoms with van der Waals surface area (Å²) in [6.45, 7) is 9.47. The predicted molar refractivity (Wildman–Crippen MR) is 96.2 cm³/mol. The van der Waals surface area contributed by atoms with E-state index in [2.05, 4.69) is 33.1 Å². The van der Waals surface area contributed by atoms with E-state index in [1.807, 2.05) is 17.2 Å². The molecule has 1 aromatic rings. The second-order valence-corrected chi connectivity index (χ2v) is 6.61. The lowest BCUT2D eigenvalue weighted by Crippen LogP contribution is -2.51. The van der Waals surface area contributed by atoms with Crippen molar-refractivity contribution in [3.05, 3.63) is 23.9 Å². The van der Waals surface area contributed by atoms with Crippen LogP contribution in [0.15, 0.2) is 18.3 Å². The van der Waals surface area contributed by atoms with Gasteiger partial charge in [-0.05, 0) is 31.9 Å². The third-order valence-electron chi connectivity index (χ3n) is 5.06. The van der Waals surface area contributed by atoms with Gasteiger partial charge in [-0.2, -0.15) is 0 Å². The van der Waals surface area contributed by atoms with Gasteiger partial charge in [0.2, 0.25) is 0 Å². The molecule has 2 aliphatic heterocycles. The quantitative estimate of drug-likeness (QED) is 0.916. The van der Waals surface area contributed by atoms with Crippen molar-refractivity contribution in [1.82, 2.24) is 20.1 Å². The molecular formula is C18H29N5O. The first-order chi connectivity index (χ1) is 11.8. The summed E-state index contributed by atoms with van der Waals surface area (Å²) in [5.74, 6) is 1.04. The highest BCUT2D eigenvalue weighted by atomic mass is 16.2. The molecule has 0 spiro atoms. The average molecular weight is 331 g/mol. The Balaban J connectivity index is 1.55. The van der Waals surface area contributed by atoms with Crippen LogP contribution in [0.25, 0.3) is 0 Å². The summed E-state index contributed by atoms with van der Waals surface area (Å²) in [6.07, 6.45) is 5.60. The van der Waals surface area contributed by atoms with Gasteiger partial charge in [-0.3, -0.25) is 0 Å². The van der Waals surface area contributed by atoms with E-state index in [9.17, 15) is 4.79 Å². The van der Waals surface area contributed by atoms with Gasteiger partial charge in [0.25, 0.3) is 0 Å². The van der Waals surface area contributed by atoms with Crippen LogP contribution in [0.1, 0.15) is 31.7 Å². The number of aromatic nitrogens is 1. The standard InChI is InChI=1S/C18H29N5O/c1-2-21-11-13-23(14-12-21)18(24)20-15-16-7-6-8-19-17(16)22-9-4-3-5-10-22/h6-8H,2-5,9-15H2,1H3,(H,20,24). The fraction of sp³-hybridized carbons (Fsp3) is 0.667. The van der Waals surface area contributed by atoms with Gasteiger partial charge in [0.1, 0.15) is 5.82 Å². The predicted octanol–water partition coefficient (Wildman–Crippen LogP) is 1.92. The van der Waals surface area contributed by atoms with Crippen LogP contribution in [-0.4, -0.2) is 66.6 Å². The minimum absolute atomic E-state index is 0.0409. The van der Waals surface area contributed by atoms with Crippen molar-refractivity contribution in [2.45, 2.75) is 32.7 Å². The molecule has 0 bridgehead atoms. The van der Waals surface area contributed by atoms with Crippen molar-refractivity contribution < 1.29 is 4.79 Å². The van der Waals surface area contributed by atoms with Crippen LogP contribution >= 0.6 is 0 Å². The molecule has 1 aromatic heterocycles. The first-order valence-electron chi connectivity index (χ1n) is 9.22. The highest BCUT2D eigenvalue weighted by Gasteiger charge is 2.21. The smallest absolute Gasteiger partial charge is 0.317 e. The number of amides is 2. The number of nitrogens with one attached hydrogen (secondary N) is 1. The molecule has 132 valence electrons. The van der Waals surface area contributed by atoms with Gasteiger partial charge in [-0.25, -0.2) is 9.78 Å². The Morgan fingerprint density at radius 3 is 2.58 bits per heavy atom. The number of urea groups is 1. The van der Waals surface area contributed by atoms with Gasteiger partial charge < -0.3 is 20.0 Å².